The molecular formula is C21H27N3O. The molecule has 0 saturated carbocycles. The van der Waals surface area contributed by atoms with Crippen LogP contribution < -0.4 is 4.74 Å². The van der Waals surface area contributed by atoms with E-state index < -0.39 is 0 Å². The first-order chi connectivity index (χ1) is 12.1. The molecule has 0 spiro atoms. The molecule has 0 fully saturated rings. The number of aryl methyl sites for hydroxylation is 2. The third-order valence-electron chi connectivity index (χ3n) is 4.64. The fourth-order valence-corrected chi connectivity index (χ4v) is 2.91. The summed E-state index contributed by atoms with van der Waals surface area (Å²) in [6, 6.07) is 8.15. The molecular weight excluding hydrogens is 310 g/mol. The minimum absolute atomic E-state index is 0.637. The summed E-state index contributed by atoms with van der Waals surface area (Å²) >= 11 is 0. The molecule has 4 heteroatoms. The molecule has 2 aromatic rings. The Hall–Kier alpha value is -2.36. The van der Waals surface area contributed by atoms with Gasteiger partial charge in [0.2, 0.25) is 0 Å². The maximum atomic E-state index is 5.76. The van der Waals surface area contributed by atoms with Crippen LogP contribution in [0.1, 0.15) is 37.9 Å². The largest absolute Gasteiger partial charge is 0.494 e. The van der Waals surface area contributed by atoms with Gasteiger partial charge in [-0.05, 0) is 42.9 Å². The number of benzene rings is 1. The molecule has 0 aliphatic heterocycles. The summed E-state index contributed by atoms with van der Waals surface area (Å²) in [5.74, 6) is 2.23. The third kappa shape index (κ3) is 4.81. The number of nitrogens with zero attached hydrogens (tertiary/aromatic N) is 3. The molecule has 0 radical (unpaired) electrons. The average molecular weight is 337 g/mol. The van der Waals surface area contributed by atoms with Gasteiger partial charge >= 0.3 is 0 Å². The van der Waals surface area contributed by atoms with Crippen LogP contribution in [0.5, 0.6) is 5.75 Å². The average Bonchev–Trinajstić information content (AvgIpc) is 3.09. The predicted molar refractivity (Wildman–Crippen MR) is 101 cm³/mol. The monoisotopic (exact) mass is 337 g/mol. The fraction of sp³-hybridized carbons (Fsp3) is 0.429. The summed E-state index contributed by atoms with van der Waals surface area (Å²) in [7, 11) is 0. The van der Waals surface area contributed by atoms with E-state index in [4.69, 9.17) is 4.74 Å². The molecule has 25 heavy (non-hydrogen) atoms. The van der Waals surface area contributed by atoms with E-state index in [0.29, 0.717) is 18.4 Å². The maximum absolute atomic E-state index is 5.76. The molecule has 1 aliphatic rings. The number of ether oxygens (including phenoxy) is 1. The highest BCUT2D eigenvalue weighted by molar-refractivity contribution is 5.72. The lowest BCUT2D eigenvalue weighted by Gasteiger charge is -2.18. The SMILES string of the molecule is Cc1ccc(OCCCn2cc(C3=CCC(C(C)C)C=C3)nn2)cc1. The Kier molecular flexibility index (Phi) is 5.69. The van der Waals surface area contributed by atoms with Gasteiger partial charge in [-0.25, -0.2) is 0 Å². The number of aromatic nitrogens is 3. The van der Waals surface area contributed by atoms with Crippen LogP contribution in [0.2, 0.25) is 0 Å². The van der Waals surface area contributed by atoms with Crippen LogP contribution in [0.15, 0.2) is 48.7 Å². The molecule has 0 saturated heterocycles. The second kappa shape index (κ2) is 8.15. The highest BCUT2D eigenvalue weighted by atomic mass is 16.5. The molecule has 1 atom stereocenters. The molecule has 1 aliphatic carbocycles. The first-order valence-electron chi connectivity index (χ1n) is 9.10. The quantitative estimate of drug-likeness (QED) is 0.689. The van der Waals surface area contributed by atoms with Crippen molar-refractivity contribution in [1.29, 1.82) is 0 Å². The van der Waals surface area contributed by atoms with Crippen LogP contribution in [0.3, 0.4) is 0 Å². The Labute approximate surface area is 150 Å². The second-order valence-corrected chi connectivity index (χ2v) is 7.04. The summed E-state index contributed by atoms with van der Waals surface area (Å²) in [6.07, 6.45) is 10.8. The normalized spacial score (nSPS) is 17.0. The van der Waals surface area contributed by atoms with Crippen molar-refractivity contribution in [3.63, 3.8) is 0 Å². The molecule has 1 aromatic carbocycles. The Balaban J connectivity index is 1.46. The van der Waals surface area contributed by atoms with Crippen molar-refractivity contribution >= 4 is 5.57 Å². The molecule has 0 N–H and O–H groups in total. The van der Waals surface area contributed by atoms with E-state index in [1.165, 1.54) is 11.1 Å². The molecule has 1 aromatic heterocycles. The van der Waals surface area contributed by atoms with E-state index in [1.54, 1.807) is 0 Å². The van der Waals surface area contributed by atoms with Crippen molar-refractivity contribution in [2.75, 3.05) is 6.61 Å². The van der Waals surface area contributed by atoms with E-state index in [2.05, 4.69) is 61.4 Å². The van der Waals surface area contributed by atoms with Gasteiger partial charge in [-0.15, -0.1) is 5.10 Å². The van der Waals surface area contributed by atoms with Crippen molar-refractivity contribution < 1.29 is 4.74 Å². The Morgan fingerprint density at radius 2 is 2.04 bits per heavy atom. The van der Waals surface area contributed by atoms with Crippen molar-refractivity contribution in [2.24, 2.45) is 11.8 Å². The molecule has 1 unspecified atom stereocenters. The van der Waals surface area contributed by atoms with Gasteiger partial charge in [-0.3, -0.25) is 4.68 Å². The van der Waals surface area contributed by atoms with E-state index in [9.17, 15) is 0 Å². The smallest absolute Gasteiger partial charge is 0.119 e. The summed E-state index contributed by atoms with van der Waals surface area (Å²) in [5, 5.41) is 8.55. The zero-order valence-corrected chi connectivity index (χ0v) is 15.4. The topological polar surface area (TPSA) is 39.9 Å². The summed E-state index contributed by atoms with van der Waals surface area (Å²) in [5.41, 5.74) is 3.38. The van der Waals surface area contributed by atoms with E-state index >= 15 is 0 Å². The van der Waals surface area contributed by atoms with E-state index in [-0.39, 0.29) is 0 Å². The van der Waals surface area contributed by atoms with Crippen LogP contribution >= 0.6 is 0 Å². The standard InChI is InChI=1S/C21H27N3O/c1-16(2)18-7-9-19(10-8-18)21-15-24(23-22-21)13-4-14-25-20-11-5-17(3)6-12-20/h5-7,9-12,15-16,18H,4,8,13-14H2,1-3H3. The van der Waals surface area contributed by atoms with Gasteiger partial charge in [-0.2, -0.15) is 0 Å². The molecule has 4 nitrogen and oxygen atoms in total. The minimum Gasteiger partial charge on any atom is -0.494 e. The first-order valence-corrected chi connectivity index (χ1v) is 9.10. The Morgan fingerprint density at radius 1 is 1.24 bits per heavy atom. The molecule has 0 bridgehead atoms. The Bertz CT molecular complexity index is 741. The van der Waals surface area contributed by atoms with Gasteiger partial charge in [0, 0.05) is 13.0 Å². The highest BCUT2D eigenvalue weighted by Crippen LogP contribution is 2.27. The van der Waals surface area contributed by atoms with Gasteiger partial charge < -0.3 is 4.74 Å². The first kappa shape index (κ1) is 17.5. The lowest BCUT2D eigenvalue weighted by atomic mass is 9.87. The van der Waals surface area contributed by atoms with Crippen LogP contribution in [-0.2, 0) is 6.54 Å². The summed E-state index contributed by atoms with van der Waals surface area (Å²) in [6.45, 7) is 8.10. The van der Waals surface area contributed by atoms with Crippen LogP contribution in [0, 0.1) is 18.8 Å². The van der Waals surface area contributed by atoms with Gasteiger partial charge in [-0.1, -0.05) is 55.0 Å². The summed E-state index contributed by atoms with van der Waals surface area (Å²) < 4.78 is 7.66. The Morgan fingerprint density at radius 3 is 2.72 bits per heavy atom. The number of hydrogen-bond donors (Lipinski definition) is 0. The van der Waals surface area contributed by atoms with Gasteiger partial charge in [0.15, 0.2) is 0 Å². The number of rotatable bonds is 7. The van der Waals surface area contributed by atoms with Crippen LogP contribution in [0.4, 0.5) is 0 Å². The highest BCUT2D eigenvalue weighted by Gasteiger charge is 2.14. The van der Waals surface area contributed by atoms with Crippen molar-refractivity contribution in [3.8, 4) is 5.75 Å². The second-order valence-electron chi connectivity index (χ2n) is 7.04. The zero-order valence-electron chi connectivity index (χ0n) is 15.4. The van der Waals surface area contributed by atoms with E-state index in [1.807, 2.05) is 23.0 Å². The summed E-state index contributed by atoms with van der Waals surface area (Å²) in [4.78, 5) is 0. The van der Waals surface area contributed by atoms with E-state index in [0.717, 1.165) is 30.8 Å². The lowest BCUT2D eigenvalue weighted by Crippen LogP contribution is -2.07. The number of hydrogen-bond acceptors (Lipinski definition) is 3. The van der Waals surface area contributed by atoms with Crippen molar-refractivity contribution in [2.45, 2.75) is 40.2 Å². The van der Waals surface area contributed by atoms with Gasteiger partial charge in [0.05, 0.1) is 12.8 Å². The molecule has 132 valence electrons. The maximum Gasteiger partial charge on any atom is 0.119 e. The minimum atomic E-state index is 0.637. The third-order valence-corrected chi connectivity index (χ3v) is 4.64. The lowest BCUT2D eigenvalue weighted by molar-refractivity contribution is 0.298. The molecule has 0 amide bonds. The van der Waals surface area contributed by atoms with Crippen molar-refractivity contribution in [3.05, 3.63) is 59.9 Å². The van der Waals surface area contributed by atoms with Gasteiger partial charge in [0.25, 0.3) is 0 Å². The van der Waals surface area contributed by atoms with Gasteiger partial charge in [0.1, 0.15) is 11.4 Å². The number of allylic oxidation sites excluding steroid dienone is 4. The molecule has 1 heterocycles. The zero-order chi connectivity index (χ0) is 17.6. The predicted octanol–water partition coefficient (Wildman–Crippen LogP) is 4.67. The van der Waals surface area contributed by atoms with Crippen LogP contribution in [-0.4, -0.2) is 21.6 Å². The van der Waals surface area contributed by atoms with Crippen LogP contribution in [0.25, 0.3) is 5.57 Å². The fourth-order valence-electron chi connectivity index (χ4n) is 2.91. The molecule has 3 rings (SSSR count). The van der Waals surface area contributed by atoms with Crippen molar-refractivity contribution in [1.82, 2.24) is 15.0 Å².